The maximum atomic E-state index is 11.2. The molecule has 0 radical (unpaired) electrons. The molecule has 0 bridgehead atoms. The molecule has 0 aromatic heterocycles. The van der Waals surface area contributed by atoms with Gasteiger partial charge in [-0.15, -0.1) is 0 Å². The lowest BCUT2D eigenvalue weighted by Crippen LogP contribution is -2.40. The highest BCUT2D eigenvalue weighted by molar-refractivity contribution is 5.81. The zero-order chi connectivity index (χ0) is 9.42. The molecule has 1 aliphatic heterocycles. The first kappa shape index (κ1) is 8.53. The minimum Gasteiger partial charge on any atom is -0.465 e. The van der Waals surface area contributed by atoms with Crippen molar-refractivity contribution in [2.45, 2.75) is 31.7 Å². The van der Waals surface area contributed by atoms with Crippen LogP contribution >= 0.6 is 0 Å². The summed E-state index contributed by atoms with van der Waals surface area (Å²) in [6.45, 7) is 0.609. The van der Waals surface area contributed by atoms with Crippen molar-refractivity contribution in [1.82, 2.24) is 4.90 Å². The van der Waals surface area contributed by atoms with Gasteiger partial charge in [-0.1, -0.05) is 0 Å². The second-order valence-corrected chi connectivity index (χ2v) is 3.87. The van der Waals surface area contributed by atoms with Gasteiger partial charge in [-0.2, -0.15) is 0 Å². The summed E-state index contributed by atoms with van der Waals surface area (Å²) in [7, 11) is 0. The molecule has 0 unspecified atom stereocenters. The highest BCUT2D eigenvalue weighted by Gasteiger charge is 2.40. The standard InChI is InChI=1S/C9H13NO3/c11-7-2-1-6-3-4-10(9(12)13)8(6)5-7/h6,8H,1-5H2,(H,12,13)/t6-,8-/m1/s1. The largest absolute Gasteiger partial charge is 0.465 e. The van der Waals surface area contributed by atoms with Gasteiger partial charge in [0.15, 0.2) is 0 Å². The van der Waals surface area contributed by atoms with Gasteiger partial charge in [0.25, 0.3) is 0 Å². The fourth-order valence-corrected chi connectivity index (χ4v) is 2.45. The molecular weight excluding hydrogens is 170 g/mol. The normalized spacial score (nSPS) is 33.2. The summed E-state index contributed by atoms with van der Waals surface area (Å²) < 4.78 is 0. The summed E-state index contributed by atoms with van der Waals surface area (Å²) >= 11 is 0. The first-order valence-electron chi connectivity index (χ1n) is 4.70. The lowest BCUT2D eigenvalue weighted by Gasteiger charge is -2.28. The topological polar surface area (TPSA) is 57.6 Å². The van der Waals surface area contributed by atoms with Crippen molar-refractivity contribution in [3.63, 3.8) is 0 Å². The van der Waals surface area contributed by atoms with Crippen molar-refractivity contribution in [3.8, 4) is 0 Å². The van der Waals surface area contributed by atoms with E-state index in [1.165, 1.54) is 4.90 Å². The zero-order valence-electron chi connectivity index (χ0n) is 7.40. The smallest absolute Gasteiger partial charge is 0.407 e. The van der Waals surface area contributed by atoms with E-state index in [1.54, 1.807) is 0 Å². The van der Waals surface area contributed by atoms with Gasteiger partial charge in [0.2, 0.25) is 0 Å². The minimum absolute atomic E-state index is 0.0150. The van der Waals surface area contributed by atoms with E-state index in [9.17, 15) is 9.59 Å². The van der Waals surface area contributed by atoms with Crippen LogP contribution in [-0.2, 0) is 4.79 Å². The lowest BCUT2D eigenvalue weighted by molar-refractivity contribution is -0.122. The number of carbonyl (C=O) groups excluding carboxylic acids is 1. The van der Waals surface area contributed by atoms with Gasteiger partial charge in [-0.05, 0) is 18.8 Å². The SMILES string of the molecule is O=C1CC[C@@H]2CCN(C(=O)O)[C@@H]2C1. The third kappa shape index (κ3) is 1.41. The molecule has 1 heterocycles. The minimum atomic E-state index is -0.873. The Hall–Kier alpha value is -1.06. The van der Waals surface area contributed by atoms with Gasteiger partial charge in [0.05, 0.1) is 0 Å². The molecule has 0 spiro atoms. The van der Waals surface area contributed by atoms with Gasteiger partial charge in [-0.3, -0.25) is 4.79 Å². The Morgan fingerprint density at radius 1 is 1.46 bits per heavy atom. The van der Waals surface area contributed by atoms with E-state index >= 15 is 0 Å². The maximum absolute atomic E-state index is 11.2. The highest BCUT2D eigenvalue weighted by atomic mass is 16.4. The number of fused-ring (bicyclic) bond motifs is 1. The second-order valence-electron chi connectivity index (χ2n) is 3.87. The van der Waals surface area contributed by atoms with Crippen LogP contribution in [0, 0.1) is 5.92 Å². The summed E-state index contributed by atoms with van der Waals surface area (Å²) in [6, 6.07) is -0.0150. The summed E-state index contributed by atoms with van der Waals surface area (Å²) in [6.07, 6.45) is 2.03. The Kier molecular flexibility index (Phi) is 1.98. The van der Waals surface area contributed by atoms with Crippen LogP contribution in [-0.4, -0.2) is 34.5 Å². The fourth-order valence-electron chi connectivity index (χ4n) is 2.45. The fraction of sp³-hybridized carbons (Fsp3) is 0.778. The van der Waals surface area contributed by atoms with E-state index < -0.39 is 6.09 Å². The summed E-state index contributed by atoms with van der Waals surface area (Å²) in [4.78, 5) is 23.4. The number of Topliss-reactive ketones (excluding diaryl/α,β-unsaturated/α-hetero) is 1. The third-order valence-corrected chi connectivity index (χ3v) is 3.16. The monoisotopic (exact) mass is 183 g/mol. The number of hydrogen-bond acceptors (Lipinski definition) is 2. The number of likely N-dealkylation sites (tertiary alicyclic amines) is 1. The number of ketones is 1. The Labute approximate surface area is 76.5 Å². The Morgan fingerprint density at radius 2 is 2.23 bits per heavy atom. The van der Waals surface area contributed by atoms with E-state index in [0.717, 1.165) is 12.8 Å². The van der Waals surface area contributed by atoms with Crippen LogP contribution in [0.1, 0.15) is 25.7 Å². The molecule has 1 amide bonds. The van der Waals surface area contributed by atoms with Gasteiger partial charge < -0.3 is 10.0 Å². The molecule has 1 N–H and O–H groups in total. The Morgan fingerprint density at radius 3 is 2.92 bits per heavy atom. The molecule has 72 valence electrons. The molecule has 4 heteroatoms. The van der Waals surface area contributed by atoms with Gasteiger partial charge >= 0.3 is 6.09 Å². The van der Waals surface area contributed by atoms with Crippen LogP contribution in [0.3, 0.4) is 0 Å². The molecule has 2 rings (SSSR count). The molecule has 4 nitrogen and oxygen atoms in total. The van der Waals surface area contributed by atoms with Crippen LogP contribution in [0.15, 0.2) is 0 Å². The molecule has 13 heavy (non-hydrogen) atoms. The highest BCUT2D eigenvalue weighted by Crippen LogP contribution is 2.34. The van der Waals surface area contributed by atoms with Crippen LogP contribution in [0.25, 0.3) is 0 Å². The van der Waals surface area contributed by atoms with Crippen molar-refractivity contribution >= 4 is 11.9 Å². The number of rotatable bonds is 0. The molecule has 1 saturated carbocycles. The van der Waals surface area contributed by atoms with Crippen LogP contribution in [0.4, 0.5) is 4.79 Å². The number of hydrogen-bond donors (Lipinski definition) is 1. The maximum Gasteiger partial charge on any atom is 0.407 e. The molecule has 2 fully saturated rings. The predicted molar refractivity (Wildman–Crippen MR) is 45.5 cm³/mol. The van der Waals surface area contributed by atoms with Crippen LogP contribution in [0.2, 0.25) is 0 Å². The van der Waals surface area contributed by atoms with Gasteiger partial charge in [0.1, 0.15) is 5.78 Å². The average molecular weight is 183 g/mol. The lowest BCUT2D eigenvalue weighted by atomic mass is 9.84. The summed E-state index contributed by atoms with van der Waals surface area (Å²) in [5.74, 6) is 0.656. The molecule has 2 aliphatic rings. The molecular formula is C9H13NO3. The van der Waals surface area contributed by atoms with Crippen molar-refractivity contribution in [2.24, 2.45) is 5.92 Å². The van der Waals surface area contributed by atoms with Gasteiger partial charge in [-0.25, -0.2) is 4.79 Å². The van der Waals surface area contributed by atoms with Crippen molar-refractivity contribution in [2.75, 3.05) is 6.54 Å². The molecule has 0 aromatic carbocycles. The van der Waals surface area contributed by atoms with Crippen molar-refractivity contribution in [1.29, 1.82) is 0 Å². The van der Waals surface area contributed by atoms with E-state index in [0.29, 0.717) is 25.3 Å². The third-order valence-electron chi connectivity index (χ3n) is 3.16. The first-order valence-corrected chi connectivity index (χ1v) is 4.70. The molecule has 1 aliphatic carbocycles. The molecule has 0 aromatic rings. The number of amides is 1. The summed E-state index contributed by atoms with van der Waals surface area (Å²) in [5, 5.41) is 8.85. The van der Waals surface area contributed by atoms with Crippen LogP contribution < -0.4 is 0 Å². The molecule has 1 saturated heterocycles. The Balaban J connectivity index is 2.11. The summed E-state index contributed by atoms with van der Waals surface area (Å²) in [5.41, 5.74) is 0. The number of carbonyl (C=O) groups is 2. The van der Waals surface area contributed by atoms with Crippen molar-refractivity contribution < 1.29 is 14.7 Å². The number of nitrogens with zero attached hydrogens (tertiary/aromatic N) is 1. The zero-order valence-corrected chi connectivity index (χ0v) is 7.40. The Bertz CT molecular complexity index is 251. The molecule has 2 atom stereocenters. The average Bonchev–Trinajstić information content (AvgIpc) is 2.46. The quantitative estimate of drug-likeness (QED) is 0.612. The predicted octanol–water partition coefficient (Wildman–Crippen LogP) is 1.11. The van der Waals surface area contributed by atoms with Gasteiger partial charge in [0, 0.05) is 25.4 Å². The van der Waals surface area contributed by atoms with Crippen LogP contribution in [0.5, 0.6) is 0 Å². The van der Waals surface area contributed by atoms with Crippen molar-refractivity contribution in [3.05, 3.63) is 0 Å². The van der Waals surface area contributed by atoms with E-state index in [-0.39, 0.29) is 11.8 Å². The van der Waals surface area contributed by atoms with E-state index in [1.807, 2.05) is 0 Å². The first-order chi connectivity index (χ1) is 6.18. The van der Waals surface area contributed by atoms with E-state index in [4.69, 9.17) is 5.11 Å². The second kappa shape index (κ2) is 3.01. The number of carboxylic acid groups (broad SMARTS) is 1. The van der Waals surface area contributed by atoms with E-state index in [2.05, 4.69) is 0 Å².